The van der Waals surface area contributed by atoms with E-state index in [0.29, 0.717) is 6.42 Å². The zero-order valence-corrected chi connectivity index (χ0v) is 10.8. The minimum atomic E-state index is -4.24. The third kappa shape index (κ3) is 13.6. The third-order valence-corrected chi connectivity index (χ3v) is 3.32. The van der Waals surface area contributed by atoms with Crippen molar-refractivity contribution in [1.29, 1.82) is 0 Å². The van der Waals surface area contributed by atoms with Crippen LogP contribution in [0.15, 0.2) is 12.7 Å². The number of rotatable bonds is 11. The Labute approximate surface area is 99.2 Å². The van der Waals surface area contributed by atoms with Gasteiger partial charge in [-0.15, -0.1) is 10.5 Å². The zero-order chi connectivity index (χ0) is 12.3. The Morgan fingerprint density at radius 1 is 0.875 bits per heavy atom. The largest absolute Gasteiger partial charge is 0.302 e. The van der Waals surface area contributed by atoms with Crippen LogP contribution >= 0.6 is 0 Å². The highest BCUT2D eigenvalue weighted by molar-refractivity contribution is 7.86. The summed E-state index contributed by atoms with van der Waals surface area (Å²) in [4.78, 5) is 0. The summed E-state index contributed by atoms with van der Waals surface area (Å²) in [7, 11) is -4.24. The standard InChI is InChI=1S/C12H23FO2S/c1-2-3-4-5-6-7-8-9-10-11-12-16(13,14)15/h2H,1,3-12H2. The fourth-order valence-corrected chi connectivity index (χ4v) is 2.17. The van der Waals surface area contributed by atoms with Crippen LogP contribution in [0.5, 0.6) is 0 Å². The van der Waals surface area contributed by atoms with Gasteiger partial charge in [-0.2, -0.15) is 8.42 Å². The van der Waals surface area contributed by atoms with Gasteiger partial charge in [-0.05, 0) is 19.3 Å². The van der Waals surface area contributed by atoms with Gasteiger partial charge in [0, 0.05) is 0 Å². The highest BCUT2D eigenvalue weighted by Gasteiger charge is 2.05. The molecule has 0 atom stereocenters. The highest BCUT2D eigenvalue weighted by Crippen LogP contribution is 2.10. The van der Waals surface area contributed by atoms with Gasteiger partial charge in [-0.25, -0.2) is 0 Å². The third-order valence-electron chi connectivity index (χ3n) is 2.55. The summed E-state index contributed by atoms with van der Waals surface area (Å²) in [5.41, 5.74) is 0. The first-order chi connectivity index (χ1) is 7.56. The molecule has 0 radical (unpaired) electrons. The van der Waals surface area contributed by atoms with E-state index >= 15 is 0 Å². The summed E-state index contributed by atoms with van der Waals surface area (Å²) in [5, 5.41) is 0. The number of unbranched alkanes of at least 4 members (excludes halogenated alkanes) is 8. The molecule has 96 valence electrons. The lowest BCUT2D eigenvalue weighted by Gasteiger charge is -2.00. The first-order valence-electron chi connectivity index (χ1n) is 6.09. The lowest BCUT2D eigenvalue weighted by molar-refractivity contribution is 0.541. The SMILES string of the molecule is C=CCCCCCCCCCCS(=O)(=O)F. The Kier molecular flexibility index (Phi) is 9.59. The molecule has 0 spiro atoms. The molecule has 0 aliphatic heterocycles. The van der Waals surface area contributed by atoms with Crippen LogP contribution in [-0.4, -0.2) is 14.2 Å². The summed E-state index contributed by atoms with van der Waals surface area (Å²) < 4.78 is 32.5. The Bertz CT molecular complexity index is 260. The van der Waals surface area contributed by atoms with Gasteiger partial charge in [0.25, 0.3) is 0 Å². The molecule has 16 heavy (non-hydrogen) atoms. The van der Waals surface area contributed by atoms with Crippen molar-refractivity contribution in [3.8, 4) is 0 Å². The predicted molar refractivity (Wildman–Crippen MR) is 66.6 cm³/mol. The molecule has 0 N–H and O–H groups in total. The molecule has 0 aromatic rings. The normalized spacial score (nSPS) is 11.6. The average molecular weight is 250 g/mol. The smallest absolute Gasteiger partial charge is 0.195 e. The van der Waals surface area contributed by atoms with Crippen molar-refractivity contribution in [2.24, 2.45) is 0 Å². The molecule has 0 amide bonds. The molecule has 0 rings (SSSR count). The molecule has 0 aliphatic rings. The molecular weight excluding hydrogens is 227 g/mol. The molecule has 0 fully saturated rings. The molecule has 0 saturated carbocycles. The Morgan fingerprint density at radius 3 is 1.75 bits per heavy atom. The van der Waals surface area contributed by atoms with E-state index < -0.39 is 10.2 Å². The molecule has 0 aromatic carbocycles. The average Bonchev–Trinajstić information content (AvgIpc) is 2.19. The summed E-state index contributed by atoms with van der Waals surface area (Å²) in [6.07, 6.45) is 11.3. The lowest BCUT2D eigenvalue weighted by atomic mass is 10.1. The van der Waals surface area contributed by atoms with E-state index in [1.165, 1.54) is 25.7 Å². The molecule has 4 heteroatoms. The van der Waals surface area contributed by atoms with E-state index in [1.54, 1.807) is 0 Å². The minimum Gasteiger partial charge on any atom is -0.195 e. The van der Waals surface area contributed by atoms with Gasteiger partial charge in [0.1, 0.15) is 0 Å². The maximum absolute atomic E-state index is 12.1. The van der Waals surface area contributed by atoms with E-state index in [1.807, 2.05) is 6.08 Å². The van der Waals surface area contributed by atoms with E-state index in [-0.39, 0.29) is 5.75 Å². The number of halogens is 1. The first kappa shape index (κ1) is 15.6. The van der Waals surface area contributed by atoms with Gasteiger partial charge < -0.3 is 0 Å². The maximum Gasteiger partial charge on any atom is 0.302 e. The molecule has 0 saturated heterocycles. The van der Waals surface area contributed by atoms with Crippen molar-refractivity contribution in [3.63, 3.8) is 0 Å². The number of allylic oxidation sites excluding steroid dienone is 1. The molecular formula is C12H23FO2S. The zero-order valence-electron chi connectivity index (χ0n) is 9.96. The predicted octanol–water partition coefficient (Wildman–Crippen LogP) is 3.98. The summed E-state index contributed by atoms with van der Waals surface area (Å²) in [6.45, 7) is 3.67. The molecule has 0 aliphatic carbocycles. The Morgan fingerprint density at radius 2 is 1.31 bits per heavy atom. The van der Waals surface area contributed by atoms with Crippen molar-refractivity contribution >= 4 is 10.2 Å². The quantitative estimate of drug-likeness (QED) is 0.316. The van der Waals surface area contributed by atoms with Gasteiger partial charge >= 0.3 is 10.2 Å². The molecule has 0 aromatic heterocycles. The second-order valence-electron chi connectivity index (χ2n) is 4.15. The van der Waals surface area contributed by atoms with Gasteiger partial charge in [-0.1, -0.05) is 44.6 Å². The molecule has 0 bridgehead atoms. The topological polar surface area (TPSA) is 34.1 Å². The van der Waals surface area contributed by atoms with Crippen LogP contribution in [0, 0.1) is 0 Å². The molecule has 0 heterocycles. The van der Waals surface area contributed by atoms with Crippen LogP contribution in [0.2, 0.25) is 0 Å². The van der Waals surface area contributed by atoms with Crippen LogP contribution in [0.1, 0.15) is 57.8 Å². The second-order valence-corrected chi connectivity index (χ2v) is 5.63. The highest BCUT2D eigenvalue weighted by atomic mass is 32.3. The van der Waals surface area contributed by atoms with Gasteiger partial charge in [0.15, 0.2) is 0 Å². The van der Waals surface area contributed by atoms with Gasteiger partial charge in [-0.3, -0.25) is 0 Å². The molecule has 0 unspecified atom stereocenters. The lowest BCUT2D eigenvalue weighted by Crippen LogP contribution is -1.97. The second kappa shape index (κ2) is 9.82. The van der Waals surface area contributed by atoms with E-state index in [2.05, 4.69) is 6.58 Å². The van der Waals surface area contributed by atoms with Crippen LogP contribution in [-0.2, 0) is 10.2 Å². The van der Waals surface area contributed by atoms with Crippen LogP contribution in [0.4, 0.5) is 3.89 Å². The van der Waals surface area contributed by atoms with E-state index in [4.69, 9.17) is 0 Å². The first-order valence-corrected chi connectivity index (χ1v) is 7.65. The van der Waals surface area contributed by atoms with E-state index in [0.717, 1.165) is 25.7 Å². The van der Waals surface area contributed by atoms with Gasteiger partial charge in [0.05, 0.1) is 5.75 Å². The fraction of sp³-hybridized carbons (Fsp3) is 0.833. The summed E-state index contributed by atoms with van der Waals surface area (Å²) in [6, 6.07) is 0. The minimum absolute atomic E-state index is 0.313. The Hall–Kier alpha value is -0.380. The van der Waals surface area contributed by atoms with Crippen LogP contribution in [0.25, 0.3) is 0 Å². The van der Waals surface area contributed by atoms with E-state index in [9.17, 15) is 12.3 Å². The number of hydrogen-bond acceptors (Lipinski definition) is 2. The van der Waals surface area contributed by atoms with Crippen molar-refractivity contribution in [2.75, 3.05) is 5.75 Å². The Balaban J connectivity index is 3.07. The monoisotopic (exact) mass is 250 g/mol. The van der Waals surface area contributed by atoms with Crippen molar-refractivity contribution in [2.45, 2.75) is 57.8 Å². The van der Waals surface area contributed by atoms with Crippen molar-refractivity contribution in [1.82, 2.24) is 0 Å². The van der Waals surface area contributed by atoms with Crippen molar-refractivity contribution in [3.05, 3.63) is 12.7 Å². The molecule has 2 nitrogen and oxygen atoms in total. The fourth-order valence-electron chi connectivity index (χ4n) is 1.62. The van der Waals surface area contributed by atoms with Crippen molar-refractivity contribution < 1.29 is 12.3 Å². The van der Waals surface area contributed by atoms with Crippen LogP contribution in [0.3, 0.4) is 0 Å². The summed E-state index contributed by atoms with van der Waals surface area (Å²) >= 11 is 0. The van der Waals surface area contributed by atoms with Crippen LogP contribution < -0.4 is 0 Å². The number of hydrogen-bond donors (Lipinski definition) is 0. The summed E-state index contributed by atoms with van der Waals surface area (Å²) in [5.74, 6) is -0.313. The maximum atomic E-state index is 12.1. The van der Waals surface area contributed by atoms with Gasteiger partial charge in [0.2, 0.25) is 0 Å².